The number of rotatable bonds is 3. The molecule has 0 atom stereocenters. The number of hydrogen-bond acceptors (Lipinski definition) is 2. The van der Waals surface area contributed by atoms with Gasteiger partial charge in [-0.25, -0.2) is 0 Å². The highest BCUT2D eigenvalue weighted by molar-refractivity contribution is 5.67. The summed E-state index contributed by atoms with van der Waals surface area (Å²) in [7, 11) is 0. The molecular weight excluding hydrogens is 216 g/mol. The fourth-order valence-electron chi connectivity index (χ4n) is 2.43. The van der Waals surface area contributed by atoms with Crippen LogP contribution in [0.1, 0.15) is 25.0 Å². The molecule has 0 aliphatic carbocycles. The van der Waals surface area contributed by atoms with E-state index in [1.165, 1.54) is 11.4 Å². The molecule has 1 aromatic rings. The van der Waals surface area contributed by atoms with Crippen molar-refractivity contribution in [3.8, 4) is 0 Å². The second-order valence-electron chi connectivity index (χ2n) is 4.40. The van der Waals surface area contributed by atoms with Crippen LogP contribution < -0.4 is 0 Å². The third-order valence-corrected chi connectivity index (χ3v) is 3.31. The third-order valence-electron chi connectivity index (χ3n) is 3.31. The first-order valence-electron chi connectivity index (χ1n) is 5.78. The first-order chi connectivity index (χ1) is 8.24. The maximum Gasteiger partial charge on any atom is 0.303 e. The molecule has 3 rings (SSSR count). The summed E-state index contributed by atoms with van der Waals surface area (Å²) in [6.07, 6.45) is 8.10. The van der Waals surface area contributed by atoms with Crippen LogP contribution in [0, 0.1) is 0 Å². The zero-order valence-corrected chi connectivity index (χ0v) is 9.47. The maximum absolute atomic E-state index is 10.6. The van der Waals surface area contributed by atoms with Crippen LogP contribution in [0.3, 0.4) is 0 Å². The van der Waals surface area contributed by atoms with Crippen LogP contribution in [-0.2, 0) is 11.5 Å². The van der Waals surface area contributed by atoms with Gasteiger partial charge in [-0.3, -0.25) is 4.79 Å². The molecule has 1 N–H and O–H groups in total. The Morgan fingerprint density at radius 3 is 3.18 bits per heavy atom. The fourth-order valence-corrected chi connectivity index (χ4v) is 2.43. The smallest absolute Gasteiger partial charge is 0.303 e. The van der Waals surface area contributed by atoms with Gasteiger partial charge in [-0.05, 0) is 24.6 Å². The molecule has 0 bridgehead atoms. The summed E-state index contributed by atoms with van der Waals surface area (Å²) < 4.78 is 2.17. The Morgan fingerprint density at radius 2 is 2.35 bits per heavy atom. The minimum absolute atomic E-state index is 0.203. The quantitative estimate of drug-likeness (QED) is 0.866. The molecule has 0 unspecified atom stereocenters. The van der Waals surface area contributed by atoms with Crippen LogP contribution in [0.2, 0.25) is 0 Å². The van der Waals surface area contributed by atoms with Gasteiger partial charge in [0.1, 0.15) is 0 Å². The van der Waals surface area contributed by atoms with E-state index in [2.05, 4.69) is 33.9 Å². The summed E-state index contributed by atoms with van der Waals surface area (Å²) in [5.74, 6) is -0.734. The number of hydrogen-bond donors (Lipinski definition) is 1. The molecule has 4 heteroatoms. The van der Waals surface area contributed by atoms with Crippen molar-refractivity contribution in [3.63, 3.8) is 0 Å². The Kier molecular flexibility index (Phi) is 2.28. The summed E-state index contributed by atoms with van der Waals surface area (Å²) in [6, 6.07) is 4.13. The Bertz CT molecular complexity index is 525. The number of carboxylic acid groups (broad SMARTS) is 1. The molecule has 0 amide bonds. The van der Waals surface area contributed by atoms with Gasteiger partial charge in [0, 0.05) is 29.7 Å². The van der Waals surface area contributed by atoms with Crippen molar-refractivity contribution in [2.24, 2.45) is 0 Å². The number of carbonyl (C=O) groups is 1. The Labute approximate surface area is 99.5 Å². The monoisotopic (exact) mass is 230 g/mol. The largest absolute Gasteiger partial charge is 0.481 e. The van der Waals surface area contributed by atoms with E-state index in [1.54, 1.807) is 0 Å². The van der Waals surface area contributed by atoms with Crippen molar-refractivity contribution in [2.75, 3.05) is 0 Å². The van der Waals surface area contributed by atoms with Crippen LogP contribution in [0.15, 0.2) is 35.8 Å². The van der Waals surface area contributed by atoms with E-state index in [0.717, 1.165) is 18.8 Å². The van der Waals surface area contributed by atoms with Gasteiger partial charge in [0.25, 0.3) is 0 Å². The number of nitrogens with zero attached hydrogens (tertiary/aromatic N) is 2. The number of aliphatic carboxylic acids is 1. The van der Waals surface area contributed by atoms with E-state index in [0.29, 0.717) is 6.42 Å². The van der Waals surface area contributed by atoms with Crippen LogP contribution in [0.25, 0.3) is 6.08 Å². The molecule has 0 fully saturated rings. The molecular formula is C13H14N2O2. The zero-order valence-electron chi connectivity index (χ0n) is 9.47. The number of allylic oxidation sites excluding steroid dienone is 2. The molecule has 0 saturated carbocycles. The second-order valence-corrected chi connectivity index (χ2v) is 4.40. The molecule has 2 aliphatic rings. The van der Waals surface area contributed by atoms with Crippen molar-refractivity contribution in [1.82, 2.24) is 9.47 Å². The normalized spacial score (nSPS) is 17.3. The topological polar surface area (TPSA) is 45.5 Å². The lowest BCUT2D eigenvalue weighted by Crippen LogP contribution is -2.25. The van der Waals surface area contributed by atoms with E-state index < -0.39 is 5.97 Å². The fraction of sp³-hybridized carbons (Fsp3) is 0.308. The first kappa shape index (κ1) is 10.2. The Morgan fingerprint density at radius 1 is 1.47 bits per heavy atom. The van der Waals surface area contributed by atoms with Crippen molar-refractivity contribution in [1.29, 1.82) is 0 Å². The van der Waals surface area contributed by atoms with Gasteiger partial charge in [0.15, 0.2) is 0 Å². The number of carboxylic acids is 1. The van der Waals surface area contributed by atoms with Gasteiger partial charge < -0.3 is 14.6 Å². The summed E-state index contributed by atoms with van der Waals surface area (Å²) in [4.78, 5) is 12.8. The van der Waals surface area contributed by atoms with E-state index >= 15 is 0 Å². The highest BCUT2D eigenvalue weighted by Gasteiger charge is 2.24. The second kappa shape index (κ2) is 3.80. The zero-order chi connectivity index (χ0) is 11.8. The van der Waals surface area contributed by atoms with E-state index in [1.807, 2.05) is 6.07 Å². The molecule has 4 nitrogen and oxygen atoms in total. The van der Waals surface area contributed by atoms with Gasteiger partial charge >= 0.3 is 5.97 Å². The van der Waals surface area contributed by atoms with Gasteiger partial charge in [0.05, 0.1) is 13.1 Å². The van der Waals surface area contributed by atoms with E-state index in [9.17, 15) is 4.79 Å². The molecule has 0 spiro atoms. The predicted octanol–water partition coefficient (Wildman–Crippen LogP) is 2.25. The lowest BCUT2D eigenvalue weighted by atomic mass is 10.2. The standard InChI is InChI=1S/C13H14N2O2/c16-13(17)6-5-10-3-4-12-8-11-2-1-7-14(11)9-15(10)12/h1-3,7-8H,4-6,9H2,(H,16,17). The average Bonchev–Trinajstić information content (AvgIpc) is 2.88. The maximum atomic E-state index is 10.6. The summed E-state index contributed by atoms with van der Waals surface area (Å²) in [6.45, 7) is 0.805. The van der Waals surface area contributed by atoms with Gasteiger partial charge in [-0.2, -0.15) is 0 Å². The van der Waals surface area contributed by atoms with Crippen LogP contribution in [0.4, 0.5) is 0 Å². The SMILES string of the molecule is O=C(O)CCC1=CCC2=Cc3cccn3CN21. The minimum Gasteiger partial charge on any atom is -0.481 e. The lowest BCUT2D eigenvalue weighted by Gasteiger charge is -2.29. The highest BCUT2D eigenvalue weighted by Crippen LogP contribution is 2.33. The van der Waals surface area contributed by atoms with Crippen molar-refractivity contribution >= 4 is 12.0 Å². The third kappa shape index (κ3) is 1.75. The molecule has 0 saturated heterocycles. The highest BCUT2D eigenvalue weighted by atomic mass is 16.4. The van der Waals surface area contributed by atoms with E-state index in [4.69, 9.17) is 5.11 Å². The van der Waals surface area contributed by atoms with Gasteiger partial charge in [0.2, 0.25) is 0 Å². The van der Waals surface area contributed by atoms with Crippen molar-refractivity contribution in [3.05, 3.63) is 41.5 Å². The van der Waals surface area contributed by atoms with Crippen LogP contribution in [-0.4, -0.2) is 20.5 Å². The molecule has 0 aromatic carbocycles. The number of aromatic nitrogens is 1. The summed E-state index contributed by atoms with van der Waals surface area (Å²) in [5.41, 5.74) is 3.64. The molecule has 0 radical (unpaired) electrons. The van der Waals surface area contributed by atoms with Crippen molar-refractivity contribution in [2.45, 2.75) is 25.9 Å². The molecule has 17 heavy (non-hydrogen) atoms. The lowest BCUT2D eigenvalue weighted by molar-refractivity contribution is -0.137. The van der Waals surface area contributed by atoms with Crippen LogP contribution in [0.5, 0.6) is 0 Å². The van der Waals surface area contributed by atoms with Gasteiger partial charge in [-0.15, -0.1) is 0 Å². The average molecular weight is 230 g/mol. The Balaban J connectivity index is 1.79. The number of fused-ring (bicyclic) bond motifs is 2. The van der Waals surface area contributed by atoms with Crippen molar-refractivity contribution < 1.29 is 9.90 Å². The predicted molar refractivity (Wildman–Crippen MR) is 63.8 cm³/mol. The summed E-state index contributed by atoms with van der Waals surface area (Å²) >= 11 is 0. The molecule has 3 heterocycles. The first-order valence-corrected chi connectivity index (χ1v) is 5.78. The van der Waals surface area contributed by atoms with Crippen LogP contribution >= 0.6 is 0 Å². The van der Waals surface area contributed by atoms with Gasteiger partial charge in [-0.1, -0.05) is 6.08 Å². The molecule has 1 aromatic heterocycles. The summed E-state index contributed by atoms with van der Waals surface area (Å²) in [5, 5.41) is 8.73. The Hall–Kier alpha value is -1.97. The minimum atomic E-state index is -0.734. The molecule has 2 aliphatic heterocycles. The molecule has 88 valence electrons. The van der Waals surface area contributed by atoms with E-state index in [-0.39, 0.29) is 6.42 Å².